The van der Waals surface area contributed by atoms with Gasteiger partial charge in [0, 0.05) is 37.7 Å². The number of aliphatic hydroxyl groups is 1. The van der Waals surface area contributed by atoms with E-state index in [1.807, 2.05) is 18.3 Å². The van der Waals surface area contributed by atoms with Crippen molar-refractivity contribution in [2.45, 2.75) is 31.5 Å². The summed E-state index contributed by atoms with van der Waals surface area (Å²) < 4.78 is 6.08. The smallest absolute Gasteiger partial charge is 0.128 e. The number of aliphatic hydroxyl groups excluding tert-OH is 1. The normalized spacial score (nSPS) is 25.8. The molecule has 1 spiro atoms. The van der Waals surface area contributed by atoms with Crippen molar-refractivity contribution in [3.8, 4) is 0 Å². The van der Waals surface area contributed by atoms with Gasteiger partial charge < -0.3 is 19.6 Å². The van der Waals surface area contributed by atoms with Gasteiger partial charge in [-0.3, -0.25) is 0 Å². The second-order valence-electron chi connectivity index (χ2n) is 7.29. The van der Waals surface area contributed by atoms with Gasteiger partial charge in [0.2, 0.25) is 0 Å². The van der Waals surface area contributed by atoms with Crippen LogP contribution in [0.1, 0.15) is 24.8 Å². The largest absolute Gasteiger partial charge is 0.392 e. The summed E-state index contributed by atoms with van der Waals surface area (Å²) in [6.07, 6.45) is 6.35. The van der Waals surface area contributed by atoms with E-state index in [1.54, 1.807) is 0 Å². The van der Waals surface area contributed by atoms with Crippen LogP contribution in [0.4, 0.5) is 5.82 Å². The molecule has 0 unspecified atom stereocenters. The lowest BCUT2D eigenvalue weighted by molar-refractivity contribution is -0.202. The summed E-state index contributed by atoms with van der Waals surface area (Å²) in [5.41, 5.74) is 0.986. The van der Waals surface area contributed by atoms with E-state index < -0.39 is 0 Å². The fourth-order valence-electron chi connectivity index (χ4n) is 3.85. The first-order chi connectivity index (χ1) is 11.5. The topological polar surface area (TPSA) is 48.8 Å². The number of nitrogens with zero attached hydrogens (tertiary/aromatic N) is 3. The maximum absolute atomic E-state index is 10.4. The number of pyridine rings is 1. The highest BCUT2D eigenvalue weighted by atomic mass is 16.5. The minimum Gasteiger partial charge on any atom is -0.392 e. The van der Waals surface area contributed by atoms with Crippen LogP contribution in [0.2, 0.25) is 0 Å². The zero-order chi connectivity index (χ0) is 17.2. The molecule has 2 aliphatic rings. The molecule has 2 atom stereocenters. The quantitative estimate of drug-likeness (QED) is 0.864. The first-order valence-corrected chi connectivity index (χ1v) is 8.83. The monoisotopic (exact) mass is 331 g/mol. The highest BCUT2D eigenvalue weighted by Crippen LogP contribution is 2.51. The summed E-state index contributed by atoms with van der Waals surface area (Å²) in [6, 6.07) is 4.10. The predicted octanol–water partition coefficient (Wildman–Crippen LogP) is 2.02. The lowest BCUT2D eigenvalue weighted by Crippen LogP contribution is -2.62. The van der Waals surface area contributed by atoms with E-state index in [0.29, 0.717) is 0 Å². The third-order valence-electron chi connectivity index (χ3n) is 5.62. The number of anilines is 1. The second kappa shape index (κ2) is 7.21. The summed E-state index contributed by atoms with van der Waals surface area (Å²) in [4.78, 5) is 8.96. The third-order valence-corrected chi connectivity index (χ3v) is 5.62. The third kappa shape index (κ3) is 3.34. The first-order valence-electron chi connectivity index (χ1n) is 8.83. The Kier molecular flexibility index (Phi) is 5.23. The van der Waals surface area contributed by atoms with Crippen molar-refractivity contribution in [2.24, 2.45) is 5.41 Å². The molecule has 1 aliphatic carbocycles. The molecule has 1 aliphatic heterocycles. The number of aromatic nitrogens is 1. The summed E-state index contributed by atoms with van der Waals surface area (Å²) in [5, 5.41) is 10.4. The highest BCUT2D eigenvalue weighted by molar-refractivity contribution is 5.49. The molecule has 132 valence electrons. The second-order valence-corrected chi connectivity index (χ2v) is 7.29. The van der Waals surface area contributed by atoms with Crippen molar-refractivity contribution in [1.82, 2.24) is 9.88 Å². The van der Waals surface area contributed by atoms with Gasteiger partial charge in [-0.1, -0.05) is 12.7 Å². The van der Waals surface area contributed by atoms with Crippen molar-refractivity contribution in [2.75, 3.05) is 45.2 Å². The molecular formula is C19H29N3O2. The van der Waals surface area contributed by atoms with E-state index in [2.05, 4.69) is 41.5 Å². The molecule has 1 aromatic rings. The van der Waals surface area contributed by atoms with E-state index >= 15 is 0 Å². The summed E-state index contributed by atoms with van der Waals surface area (Å²) in [5.74, 6) is 1.01. The van der Waals surface area contributed by atoms with Crippen molar-refractivity contribution in [1.29, 1.82) is 0 Å². The van der Waals surface area contributed by atoms with Crippen molar-refractivity contribution in [3.05, 3.63) is 30.5 Å². The van der Waals surface area contributed by atoms with Gasteiger partial charge in [0.1, 0.15) is 5.82 Å². The van der Waals surface area contributed by atoms with Crippen LogP contribution in [-0.2, 0) is 4.74 Å². The Morgan fingerprint density at radius 1 is 1.42 bits per heavy atom. The van der Waals surface area contributed by atoms with Crippen LogP contribution in [0.3, 0.4) is 0 Å². The zero-order valence-corrected chi connectivity index (χ0v) is 14.8. The maximum atomic E-state index is 10.4. The Morgan fingerprint density at radius 2 is 2.17 bits per heavy atom. The zero-order valence-electron chi connectivity index (χ0n) is 14.8. The first kappa shape index (κ1) is 17.4. The fourth-order valence-corrected chi connectivity index (χ4v) is 3.85. The molecule has 0 radical (unpaired) electrons. The molecule has 1 saturated carbocycles. The Balaban J connectivity index is 1.57. The summed E-state index contributed by atoms with van der Waals surface area (Å²) in [7, 11) is 4.11. The summed E-state index contributed by atoms with van der Waals surface area (Å²) in [6.45, 7) is 7.27. The molecule has 1 aromatic heterocycles. The fraction of sp³-hybridized carbons (Fsp3) is 0.632. The van der Waals surface area contributed by atoms with Gasteiger partial charge in [-0.15, -0.1) is 0 Å². The minimum atomic E-state index is -0.222. The van der Waals surface area contributed by atoms with Crippen molar-refractivity contribution < 1.29 is 9.84 Å². The lowest BCUT2D eigenvalue weighted by Gasteiger charge is -2.56. The van der Waals surface area contributed by atoms with Gasteiger partial charge in [-0.2, -0.15) is 0 Å². The molecule has 0 bridgehead atoms. The van der Waals surface area contributed by atoms with E-state index in [-0.39, 0.29) is 17.6 Å². The predicted molar refractivity (Wildman–Crippen MR) is 97.1 cm³/mol. The Hall–Kier alpha value is -1.43. The van der Waals surface area contributed by atoms with Crippen molar-refractivity contribution in [3.63, 3.8) is 0 Å². The van der Waals surface area contributed by atoms with Gasteiger partial charge in [0.05, 0.1) is 18.8 Å². The van der Waals surface area contributed by atoms with Crippen LogP contribution in [0.15, 0.2) is 24.9 Å². The number of hydrogen-bond donors (Lipinski definition) is 1. The molecule has 1 N–H and O–H groups in total. The van der Waals surface area contributed by atoms with Crippen LogP contribution < -0.4 is 4.90 Å². The Labute approximate surface area is 144 Å². The molecule has 24 heavy (non-hydrogen) atoms. The average Bonchev–Trinajstić information content (AvgIpc) is 2.61. The molecule has 2 fully saturated rings. The van der Waals surface area contributed by atoms with E-state index in [0.717, 1.165) is 56.9 Å². The molecular weight excluding hydrogens is 302 g/mol. The molecule has 1 saturated heterocycles. The van der Waals surface area contributed by atoms with Crippen LogP contribution in [-0.4, -0.2) is 67.5 Å². The van der Waals surface area contributed by atoms with E-state index in [4.69, 9.17) is 4.74 Å². The number of ether oxygens (including phenoxy) is 1. The van der Waals surface area contributed by atoms with Crippen LogP contribution in [0.25, 0.3) is 6.08 Å². The van der Waals surface area contributed by atoms with Gasteiger partial charge in [-0.25, -0.2) is 4.98 Å². The number of piperidine rings is 1. The Bertz CT molecular complexity index is 550. The number of rotatable bonds is 6. The van der Waals surface area contributed by atoms with E-state index in [1.165, 1.54) is 0 Å². The highest BCUT2D eigenvalue weighted by Gasteiger charge is 2.56. The molecule has 3 rings (SSSR count). The molecule has 5 nitrogen and oxygen atoms in total. The van der Waals surface area contributed by atoms with Gasteiger partial charge in [-0.05, 0) is 44.6 Å². The van der Waals surface area contributed by atoms with Crippen LogP contribution in [0.5, 0.6) is 0 Å². The molecule has 0 aromatic carbocycles. The maximum Gasteiger partial charge on any atom is 0.128 e. The van der Waals surface area contributed by atoms with Gasteiger partial charge >= 0.3 is 0 Å². The number of likely N-dealkylation sites (N-methyl/N-ethyl adjacent to an activating group) is 1. The van der Waals surface area contributed by atoms with Crippen LogP contribution >= 0.6 is 0 Å². The summed E-state index contributed by atoms with van der Waals surface area (Å²) >= 11 is 0. The SMILES string of the molecule is C=Cc1ccc(N2CCC3(CC2)[C@@H](O)C[C@H]3OCCN(C)C)nc1. The average molecular weight is 331 g/mol. The Morgan fingerprint density at radius 3 is 2.71 bits per heavy atom. The minimum absolute atomic E-state index is 0.0517. The molecule has 2 heterocycles. The van der Waals surface area contributed by atoms with Gasteiger partial charge in [0.15, 0.2) is 0 Å². The standard InChI is InChI=1S/C19H29N3O2/c1-4-15-5-6-18(20-14-15)22-9-7-19(8-10-22)16(23)13-17(19)24-12-11-21(2)3/h4-6,14,16-17,23H,1,7-13H2,2-3H3/t16-,17+/m0/s1. The van der Waals surface area contributed by atoms with Crippen LogP contribution in [0, 0.1) is 5.41 Å². The van der Waals surface area contributed by atoms with Gasteiger partial charge in [0.25, 0.3) is 0 Å². The molecule has 0 amide bonds. The van der Waals surface area contributed by atoms with Crippen molar-refractivity contribution >= 4 is 11.9 Å². The number of hydrogen-bond acceptors (Lipinski definition) is 5. The molecule has 5 heteroatoms. The lowest BCUT2D eigenvalue weighted by atomic mass is 9.58. The van der Waals surface area contributed by atoms with E-state index in [9.17, 15) is 5.11 Å².